The number of hydrogen-bond donors (Lipinski definition) is 0. The largest absolute Gasteiger partial charge is 0.462 e. The molecule has 0 bridgehead atoms. The number of carbonyl (C=O) groups is 2. The fourth-order valence-corrected chi connectivity index (χ4v) is 4.89. The van der Waals surface area contributed by atoms with Crippen molar-refractivity contribution in [3.8, 4) is 0 Å². The average Bonchev–Trinajstić information content (AvgIpc) is 2.72. The summed E-state index contributed by atoms with van der Waals surface area (Å²) >= 11 is 0. The Balaban J connectivity index is 1.52. The first-order valence-electron chi connectivity index (χ1n) is 12.0. The molecule has 2 aliphatic carbocycles. The molecule has 2 aliphatic rings. The molecule has 0 unspecified atom stereocenters. The van der Waals surface area contributed by atoms with Crippen molar-refractivity contribution >= 4 is 11.9 Å². The molecule has 0 saturated heterocycles. The molecule has 0 aromatic carbocycles. The van der Waals surface area contributed by atoms with Gasteiger partial charge in [-0.1, -0.05) is 45.6 Å². The Labute approximate surface area is 177 Å². The maximum absolute atomic E-state index is 12.5. The van der Waals surface area contributed by atoms with Gasteiger partial charge >= 0.3 is 11.9 Å². The molecule has 0 aromatic rings. The van der Waals surface area contributed by atoms with Gasteiger partial charge in [0.2, 0.25) is 0 Å². The van der Waals surface area contributed by atoms with Crippen LogP contribution in [0.4, 0.5) is 0 Å². The van der Waals surface area contributed by atoms with Crippen molar-refractivity contribution in [1.82, 2.24) is 0 Å². The van der Waals surface area contributed by atoms with Crippen molar-refractivity contribution in [1.29, 1.82) is 0 Å². The first-order valence-corrected chi connectivity index (χ1v) is 12.0. The SMILES string of the molecule is C=C(C)C(=O)OCCCCC[C@H]1CC[C@H](C(=O)O[C@H]2CC[C@H](CCC)CC2)CC1. The van der Waals surface area contributed by atoms with Gasteiger partial charge in [0.05, 0.1) is 12.5 Å². The molecule has 0 N–H and O–H groups in total. The molecule has 29 heavy (non-hydrogen) atoms. The van der Waals surface area contributed by atoms with E-state index in [1.165, 1.54) is 38.5 Å². The third-order valence-electron chi connectivity index (χ3n) is 6.79. The van der Waals surface area contributed by atoms with Gasteiger partial charge in [0.15, 0.2) is 0 Å². The van der Waals surface area contributed by atoms with Gasteiger partial charge in [-0.2, -0.15) is 0 Å². The predicted molar refractivity (Wildman–Crippen MR) is 116 cm³/mol. The zero-order valence-electron chi connectivity index (χ0n) is 18.8. The summed E-state index contributed by atoms with van der Waals surface area (Å²) in [5, 5.41) is 0. The van der Waals surface area contributed by atoms with Crippen LogP contribution in [0.1, 0.15) is 104 Å². The lowest BCUT2D eigenvalue weighted by atomic mass is 9.79. The molecule has 0 spiro atoms. The van der Waals surface area contributed by atoms with Gasteiger partial charge in [0.25, 0.3) is 0 Å². The Morgan fingerprint density at radius 2 is 1.48 bits per heavy atom. The van der Waals surface area contributed by atoms with Crippen LogP contribution in [0.15, 0.2) is 12.2 Å². The molecule has 166 valence electrons. The van der Waals surface area contributed by atoms with Crippen LogP contribution in [0.3, 0.4) is 0 Å². The lowest BCUT2D eigenvalue weighted by molar-refractivity contribution is -0.157. The van der Waals surface area contributed by atoms with E-state index in [4.69, 9.17) is 9.47 Å². The van der Waals surface area contributed by atoms with Gasteiger partial charge in [-0.05, 0) is 76.5 Å². The fourth-order valence-electron chi connectivity index (χ4n) is 4.89. The number of esters is 2. The van der Waals surface area contributed by atoms with Gasteiger partial charge in [-0.15, -0.1) is 0 Å². The Kier molecular flexibility index (Phi) is 10.8. The first-order chi connectivity index (χ1) is 14.0. The van der Waals surface area contributed by atoms with Gasteiger partial charge in [-0.25, -0.2) is 4.79 Å². The summed E-state index contributed by atoms with van der Waals surface area (Å²) in [4.78, 5) is 23.9. The highest BCUT2D eigenvalue weighted by Crippen LogP contribution is 2.34. The van der Waals surface area contributed by atoms with Crippen LogP contribution < -0.4 is 0 Å². The number of ether oxygens (including phenoxy) is 2. The number of hydrogen-bond acceptors (Lipinski definition) is 4. The smallest absolute Gasteiger partial charge is 0.333 e. The molecule has 2 fully saturated rings. The van der Waals surface area contributed by atoms with Gasteiger partial charge in [0, 0.05) is 5.57 Å². The zero-order chi connectivity index (χ0) is 21.1. The van der Waals surface area contributed by atoms with Crippen LogP contribution in [-0.2, 0) is 19.1 Å². The molecule has 0 aromatic heterocycles. The minimum Gasteiger partial charge on any atom is -0.462 e. The maximum atomic E-state index is 12.5. The Hall–Kier alpha value is -1.32. The number of carbonyl (C=O) groups excluding carboxylic acids is 2. The molecule has 2 saturated carbocycles. The van der Waals surface area contributed by atoms with Gasteiger partial charge < -0.3 is 9.47 Å². The zero-order valence-corrected chi connectivity index (χ0v) is 18.8. The standard InChI is InChI=1S/C25H42O4/c1-4-8-20-12-16-23(17-13-20)29-25(27)22-14-10-21(11-15-22)9-6-5-7-18-28-24(26)19(2)3/h20-23H,2,4-18H2,1,3H3/t20-,21-,22-,23-. The molecule has 0 atom stereocenters. The molecule has 4 nitrogen and oxygen atoms in total. The highest BCUT2D eigenvalue weighted by atomic mass is 16.5. The minimum atomic E-state index is -0.288. The Morgan fingerprint density at radius 3 is 2.10 bits per heavy atom. The summed E-state index contributed by atoms with van der Waals surface area (Å²) in [6, 6.07) is 0. The highest BCUT2D eigenvalue weighted by molar-refractivity contribution is 5.86. The summed E-state index contributed by atoms with van der Waals surface area (Å²) in [7, 11) is 0. The lowest BCUT2D eigenvalue weighted by Crippen LogP contribution is -2.30. The third-order valence-corrected chi connectivity index (χ3v) is 6.79. The predicted octanol–water partition coefficient (Wildman–Crippen LogP) is 6.37. The fraction of sp³-hybridized carbons (Fsp3) is 0.840. The van der Waals surface area contributed by atoms with Crippen molar-refractivity contribution in [2.75, 3.05) is 6.61 Å². The van der Waals surface area contributed by atoms with Crippen LogP contribution >= 0.6 is 0 Å². The van der Waals surface area contributed by atoms with E-state index in [1.54, 1.807) is 6.92 Å². The maximum Gasteiger partial charge on any atom is 0.333 e. The van der Waals surface area contributed by atoms with E-state index in [0.29, 0.717) is 12.2 Å². The molecule has 0 aliphatic heterocycles. The van der Waals surface area contributed by atoms with E-state index in [-0.39, 0.29) is 24.0 Å². The Bertz CT molecular complexity index is 511. The van der Waals surface area contributed by atoms with Crippen LogP contribution in [-0.4, -0.2) is 24.6 Å². The van der Waals surface area contributed by atoms with Crippen molar-refractivity contribution in [3.05, 3.63) is 12.2 Å². The van der Waals surface area contributed by atoms with Crippen molar-refractivity contribution in [2.24, 2.45) is 17.8 Å². The van der Waals surface area contributed by atoms with Gasteiger partial charge in [0.1, 0.15) is 6.10 Å². The summed E-state index contributed by atoms with van der Waals surface area (Å²) in [5.74, 6) is 1.50. The normalized spacial score (nSPS) is 27.2. The molecule has 0 heterocycles. The van der Waals surface area contributed by atoms with Crippen LogP contribution in [0.25, 0.3) is 0 Å². The number of rotatable bonds is 11. The molecule has 2 rings (SSSR count). The third kappa shape index (κ3) is 8.92. The Morgan fingerprint density at radius 1 is 0.862 bits per heavy atom. The minimum absolute atomic E-state index is 0.0710. The second-order valence-electron chi connectivity index (χ2n) is 9.35. The van der Waals surface area contributed by atoms with E-state index in [9.17, 15) is 9.59 Å². The average molecular weight is 407 g/mol. The van der Waals surface area contributed by atoms with E-state index in [0.717, 1.165) is 63.2 Å². The van der Waals surface area contributed by atoms with E-state index in [1.807, 2.05) is 0 Å². The van der Waals surface area contributed by atoms with Crippen LogP contribution in [0.5, 0.6) is 0 Å². The summed E-state index contributed by atoms with van der Waals surface area (Å²) in [5.41, 5.74) is 0.462. The highest BCUT2D eigenvalue weighted by Gasteiger charge is 2.30. The molecular weight excluding hydrogens is 364 g/mol. The van der Waals surface area contributed by atoms with Crippen LogP contribution in [0.2, 0.25) is 0 Å². The van der Waals surface area contributed by atoms with E-state index in [2.05, 4.69) is 13.5 Å². The van der Waals surface area contributed by atoms with Crippen molar-refractivity contribution in [3.63, 3.8) is 0 Å². The van der Waals surface area contributed by atoms with Gasteiger partial charge in [-0.3, -0.25) is 4.79 Å². The van der Waals surface area contributed by atoms with Crippen molar-refractivity contribution in [2.45, 2.75) is 110 Å². The van der Waals surface area contributed by atoms with Crippen LogP contribution in [0, 0.1) is 17.8 Å². The molecular formula is C25H42O4. The second kappa shape index (κ2) is 13.1. The number of unbranched alkanes of at least 4 members (excludes halogenated alkanes) is 2. The molecule has 0 radical (unpaired) electrons. The second-order valence-corrected chi connectivity index (χ2v) is 9.35. The summed E-state index contributed by atoms with van der Waals surface area (Å²) in [6.45, 7) is 8.00. The quantitative estimate of drug-likeness (QED) is 0.227. The molecule has 4 heteroatoms. The van der Waals surface area contributed by atoms with E-state index < -0.39 is 0 Å². The lowest BCUT2D eigenvalue weighted by Gasteiger charge is -2.31. The van der Waals surface area contributed by atoms with E-state index >= 15 is 0 Å². The molecule has 0 amide bonds. The topological polar surface area (TPSA) is 52.6 Å². The monoisotopic (exact) mass is 406 g/mol. The summed E-state index contributed by atoms with van der Waals surface area (Å²) in [6.07, 6.45) is 16.0. The van der Waals surface area contributed by atoms with Crippen molar-refractivity contribution < 1.29 is 19.1 Å². The summed E-state index contributed by atoms with van der Waals surface area (Å²) < 4.78 is 11.0. The first kappa shape index (κ1) is 24.0.